The number of hydrogen-bond donors (Lipinski definition) is 1. The number of amides is 2. The Morgan fingerprint density at radius 1 is 1.28 bits per heavy atom. The summed E-state index contributed by atoms with van der Waals surface area (Å²) >= 11 is 0. The van der Waals surface area contributed by atoms with Crippen molar-refractivity contribution in [1.29, 1.82) is 0 Å². The van der Waals surface area contributed by atoms with E-state index in [9.17, 15) is 9.59 Å². The van der Waals surface area contributed by atoms with Crippen LogP contribution in [0.1, 0.15) is 43.1 Å². The summed E-state index contributed by atoms with van der Waals surface area (Å²) in [5.41, 5.74) is 7.46. The second-order valence-electron chi connectivity index (χ2n) is 7.19. The minimum absolute atomic E-state index is 0. The van der Waals surface area contributed by atoms with E-state index >= 15 is 0 Å². The molecular formula is C19H30ClN3O2. The second kappa shape index (κ2) is 9.20. The molecule has 0 spiro atoms. The molecule has 0 bridgehead atoms. The van der Waals surface area contributed by atoms with E-state index in [-0.39, 0.29) is 36.2 Å². The zero-order valence-electron chi connectivity index (χ0n) is 15.6. The molecule has 1 aliphatic heterocycles. The molecule has 5 nitrogen and oxygen atoms in total. The van der Waals surface area contributed by atoms with Crippen LogP contribution in [0, 0.1) is 11.8 Å². The first-order chi connectivity index (χ1) is 11.3. The van der Waals surface area contributed by atoms with Crippen LogP contribution >= 0.6 is 12.4 Å². The van der Waals surface area contributed by atoms with Gasteiger partial charge >= 0.3 is 0 Å². The summed E-state index contributed by atoms with van der Waals surface area (Å²) in [6.45, 7) is 7.79. The molecular weight excluding hydrogens is 338 g/mol. The summed E-state index contributed by atoms with van der Waals surface area (Å²) in [7, 11) is 1.81. The van der Waals surface area contributed by atoms with Gasteiger partial charge in [-0.05, 0) is 43.5 Å². The summed E-state index contributed by atoms with van der Waals surface area (Å²) in [5.74, 6) is 0.576. The molecule has 2 atom stereocenters. The number of halogens is 1. The fourth-order valence-corrected chi connectivity index (χ4v) is 3.31. The lowest BCUT2D eigenvalue weighted by Gasteiger charge is -2.22. The van der Waals surface area contributed by atoms with Gasteiger partial charge in [0.2, 0.25) is 5.91 Å². The zero-order chi connectivity index (χ0) is 17.9. The Hall–Kier alpha value is -1.59. The van der Waals surface area contributed by atoms with Crippen molar-refractivity contribution in [2.45, 2.75) is 39.8 Å². The molecule has 0 aromatic heterocycles. The summed E-state index contributed by atoms with van der Waals surface area (Å²) in [4.78, 5) is 28.3. The van der Waals surface area contributed by atoms with Gasteiger partial charge in [-0.3, -0.25) is 9.59 Å². The van der Waals surface area contributed by atoms with Gasteiger partial charge in [0.1, 0.15) is 0 Å². The van der Waals surface area contributed by atoms with E-state index in [1.807, 2.05) is 43.0 Å². The van der Waals surface area contributed by atoms with Crippen molar-refractivity contribution in [2.24, 2.45) is 17.6 Å². The van der Waals surface area contributed by atoms with Gasteiger partial charge in [-0.25, -0.2) is 0 Å². The topological polar surface area (TPSA) is 66.6 Å². The van der Waals surface area contributed by atoms with Crippen LogP contribution in [0.2, 0.25) is 0 Å². The van der Waals surface area contributed by atoms with Crippen molar-refractivity contribution < 1.29 is 9.59 Å². The molecule has 2 N–H and O–H groups in total. The average molecular weight is 368 g/mol. The second-order valence-corrected chi connectivity index (χ2v) is 7.19. The number of carbonyl (C=O) groups excluding carboxylic acids is 2. The SMILES string of the molecule is CC(C)C(=O)N(C)Cc1ccc(C(=O)N2CC(CN)CC2C)cc1.Cl. The van der Waals surface area contributed by atoms with Gasteiger partial charge in [0.05, 0.1) is 0 Å². The van der Waals surface area contributed by atoms with Gasteiger partial charge in [-0.15, -0.1) is 12.4 Å². The lowest BCUT2D eigenvalue weighted by atomic mass is 10.1. The highest BCUT2D eigenvalue weighted by Gasteiger charge is 2.32. The summed E-state index contributed by atoms with van der Waals surface area (Å²) in [5, 5.41) is 0. The molecule has 1 heterocycles. The fraction of sp³-hybridized carbons (Fsp3) is 0.579. The van der Waals surface area contributed by atoms with E-state index in [4.69, 9.17) is 5.73 Å². The van der Waals surface area contributed by atoms with Crippen molar-refractivity contribution in [3.63, 3.8) is 0 Å². The van der Waals surface area contributed by atoms with E-state index in [0.717, 1.165) is 18.5 Å². The first-order valence-corrected chi connectivity index (χ1v) is 8.68. The Balaban J connectivity index is 0.00000312. The molecule has 1 aromatic rings. The van der Waals surface area contributed by atoms with Crippen molar-refractivity contribution >= 4 is 24.2 Å². The van der Waals surface area contributed by atoms with Gasteiger partial charge in [-0.2, -0.15) is 0 Å². The van der Waals surface area contributed by atoms with Crippen LogP contribution in [-0.2, 0) is 11.3 Å². The van der Waals surface area contributed by atoms with Crippen LogP contribution < -0.4 is 5.73 Å². The molecule has 1 saturated heterocycles. The normalized spacial score (nSPS) is 19.7. The van der Waals surface area contributed by atoms with E-state index in [0.29, 0.717) is 24.6 Å². The molecule has 1 aliphatic rings. The lowest BCUT2D eigenvalue weighted by molar-refractivity contribution is -0.133. The number of hydrogen-bond acceptors (Lipinski definition) is 3. The molecule has 2 rings (SSSR count). The predicted octanol–water partition coefficient (Wildman–Crippen LogP) is 2.53. The largest absolute Gasteiger partial charge is 0.341 e. The first-order valence-electron chi connectivity index (χ1n) is 8.68. The number of carbonyl (C=O) groups is 2. The molecule has 1 aromatic carbocycles. The number of benzene rings is 1. The number of nitrogens with two attached hydrogens (primary N) is 1. The molecule has 0 aliphatic carbocycles. The average Bonchev–Trinajstić information content (AvgIpc) is 2.95. The minimum Gasteiger partial charge on any atom is -0.341 e. The monoisotopic (exact) mass is 367 g/mol. The van der Waals surface area contributed by atoms with Gasteiger partial charge in [0.25, 0.3) is 5.91 Å². The molecule has 6 heteroatoms. The third-order valence-electron chi connectivity index (χ3n) is 4.75. The standard InChI is InChI=1S/C19H29N3O2.ClH/c1-13(2)18(23)21(4)11-15-5-7-17(8-6-15)19(24)22-12-16(10-20)9-14(22)3;/h5-8,13-14,16H,9-12,20H2,1-4H3;1H. The molecule has 25 heavy (non-hydrogen) atoms. The third kappa shape index (κ3) is 5.19. The molecule has 1 fully saturated rings. The van der Waals surface area contributed by atoms with Crippen LogP contribution in [-0.4, -0.2) is 47.8 Å². The molecule has 140 valence electrons. The third-order valence-corrected chi connectivity index (χ3v) is 4.75. The van der Waals surface area contributed by atoms with Crippen LogP contribution in [0.15, 0.2) is 24.3 Å². The number of likely N-dealkylation sites (tertiary alicyclic amines) is 1. The van der Waals surface area contributed by atoms with Crippen LogP contribution in [0.25, 0.3) is 0 Å². The Bertz CT molecular complexity index is 589. The zero-order valence-corrected chi connectivity index (χ0v) is 16.4. The highest BCUT2D eigenvalue weighted by atomic mass is 35.5. The van der Waals surface area contributed by atoms with E-state index < -0.39 is 0 Å². The van der Waals surface area contributed by atoms with Gasteiger partial charge in [-0.1, -0.05) is 26.0 Å². The maximum absolute atomic E-state index is 12.7. The molecule has 2 unspecified atom stereocenters. The van der Waals surface area contributed by atoms with Crippen LogP contribution in [0.3, 0.4) is 0 Å². The maximum atomic E-state index is 12.7. The van der Waals surface area contributed by atoms with Crippen molar-refractivity contribution in [1.82, 2.24) is 9.80 Å². The number of nitrogens with zero attached hydrogens (tertiary/aromatic N) is 2. The van der Waals surface area contributed by atoms with Crippen molar-refractivity contribution in [3.05, 3.63) is 35.4 Å². The van der Waals surface area contributed by atoms with Gasteiger partial charge < -0.3 is 15.5 Å². The minimum atomic E-state index is -0.0111. The number of rotatable bonds is 5. The van der Waals surface area contributed by atoms with E-state index in [1.165, 1.54) is 0 Å². The Morgan fingerprint density at radius 2 is 1.88 bits per heavy atom. The van der Waals surface area contributed by atoms with Crippen LogP contribution in [0.5, 0.6) is 0 Å². The molecule has 0 radical (unpaired) electrons. The Kier molecular flexibility index (Phi) is 7.90. The Morgan fingerprint density at radius 3 is 2.36 bits per heavy atom. The quantitative estimate of drug-likeness (QED) is 0.869. The fourth-order valence-electron chi connectivity index (χ4n) is 3.31. The molecule has 0 saturated carbocycles. The highest BCUT2D eigenvalue weighted by Crippen LogP contribution is 2.24. The summed E-state index contributed by atoms with van der Waals surface area (Å²) in [6.07, 6.45) is 0.975. The van der Waals surface area contributed by atoms with Gasteiger partial charge in [0, 0.05) is 37.7 Å². The molecule has 2 amide bonds. The summed E-state index contributed by atoms with van der Waals surface area (Å²) in [6, 6.07) is 7.80. The van der Waals surface area contributed by atoms with Crippen molar-refractivity contribution in [2.75, 3.05) is 20.1 Å². The van der Waals surface area contributed by atoms with E-state index in [1.54, 1.807) is 11.9 Å². The lowest BCUT2D eigenvalue weighted by Crippen LogP contribution is -2.34. The van der Waals surface area contributed by atoms with Crippen molar-refractivity contribution in [3.8, 4) is 0 Å². The van der Waals surface area contributed by atoms with Gasteiger partial charge in [0.15, 0.2) is 0 Å². The highest BCUT2D eigenvalue weighted by molar-refractivity contribution is 5.94. The summed E-state index contributed by atoms with van der Waals surface area (Å²) < 4.78 is 0. The predicted molar refractivity (Wildman–Crippen MR) is 103 cm³/mol. The Labute approximate surface area is 157 Å². The van der Waals surface area contributed by atoms with E-state index in [2.05, 4.69) is 6.92 Å². The first kappa shape index (κ1) is 21.5. The van der Waals surface area contributed by atoms with Crippen LogP contribution in [0.4, 0.5) is 0 Å². The smallest absolute Gasteiger partial charge is 0.254 e. The maximum Gasteiger partial charge on any atom is 0.254 e.